The van der Waals surface area contributed by atoms with E-state index in [1.54, 1.807) is 34.8 Å². The largest absolute Gasteiger partial charge is 0.482 e. The number of likely N-dealkylation sites (tertiary alicyclic amines) is 1. The average molecular weight is 656 g/mol. The number of hydrazone groups is 1. The molecule has 0 spiro atoms. The quantitative estimate of drug-likeness (QED) is 0.120. The summed E-state index contributed by atoms with van der Waals surface area (Å²) >= 11 is 1.58. The Hall–Kier alpha value is -4.37. The number of benzene rings is 1. The summed E-state index contributed by atoms with van der Waals surface area (Å²) in [6.45, 7) is 4.21. The second-order valence-electron chi connectivity index (χ2n) is 10.6. The van der Waals surface area contributed by atoms with Crippen LogP contribution in [0.15, 0.2) is 59.1 Å². The molecule has 2 aromatic heterocycles. The van der Waals surface area contributed by atoms with Gasteiger partial charge in [-0.1, -0.05) is 23.9 Å². The molecule has 5 rings (SSSR count). The molecule has 1 amide bonds. The molecule has 1 aliphatic carbocycles. The molecule has 1 aliphatic heterocycles. The Bertz CT molecular complexity index is 1510. The number of rotatable bonds is 10. The lowest BCUT2D eigenvalue weighted by atomic mass is 10.1. The first-order chi connectivity index (χ1) is 22.3. The van der Waals surface area contributed by atoms with Crippen LogP contribution in [0.5, 0.6) is 5.75 Å². The highest BCUT2D eigenvalue weighted by atomic mass is 32.2. The van der Waals surface area contributed by atoms with Gasteiger partial charge in [0.15, 0.2) is 22.5 Å². The van der Waals surface area contributed by atoms with Crippen molar-refractivity contribution in [1.29, 1.82) is 5.41 Å². The molecule has 15 heteroatoms. The van der Waals surface area contributed by atoms with Gasteiger partial charge < -0.3 is 30.9 Å². The number of nitrogens with one attached hydrogen (secondary N) is 2. The minimum absolute atomic E-state index is 0.152. The summed E-state index contributed by atoms with van der Waals surface area (Å²) in [6, 6.07) is 5.75. The number of pyridine rings is 1. The second-order valence-corrected chi connectivity index (χ2v) is 11.8. The van der Waals surface area contributed by atoms with E-state index in [1.165, 1.54) is 0 Å². The first-order valence-electron chi connectivity index (χ1n) is 15.0. The molecule has 1 aromatic carbocycles. The van der Waals surface area contributed by atoms with Crippen LogP contribution in [0.25, 0.3) is 5.69 Å². The van der Waals surface area contributed by atoms with Gasteiger partial charge in [-0.25, -0.2) is 13.6 Å². The lowest BCUT2D eigenvalue weighted by Crippen LogP contribution is -2.43. The Morgan fingerprint density at radius 3 is 2.70 bits per heavy atom. The molecule has 1 saturated heterocycles. The van der Waals surface area contributed by atoms with Crippen LogP contribution in [-0.2, 0) is 11.3 Å². The van der Waals surface area contributed by atoms with Gasteiger partial charge in [0.25, 0.3) is 0 Å². The zero-order valence-corrected chi connectivity index (χ0v) is 26.7. The molecule has 0 saturated carbocycles. The second kappa shape index (κ2) is 17.4. The maximum atomic E-state index is 14.6. The third kappa shape index (κ3) is 9.57. The van der Waals surface area contributed by atoms with Gasteiger partial charge in [0, 0.05) is 35.3 Å². The van der Waals surface area contributed by atoms with E-state index >= 15 is 0 Å². The van der Waals surface area contributed by atoms with Crippen LogP contribution in [0, 0.1) is 17.0 Å². The maximum absolute atomic E-state index is 14.6. The van der Waals surface area contributed by atoms with E-state index in [9.17, 15) is 13.6 Å². The van der Waals surface area contributed by atoms with E-state index in [4.69, 9.17) is 20.7 Å². The van der Waals surface area contributed by atoms with Crippen LogP contribution in [0.3, 0.4) is 0 Å². The highest BCUT2D eigenvalue weighted by Crippen LogP contribution is 2.31. The molecule has 12 nitrogen and oxygen atoms in total. The first-order valence-corrected chi connectivity index (χ1v) is 15.9. The van der Waals surface area contributed by atoms with Crippen molar-refractivity contribution in [3.8, 4) is 11.4 Å². The van der Waals surface area contributed by atoms with Crippen molar-refractivity contribution in [2.75, 3.05) is 26.7 Å². The van der Waals surface area contributed by atoms with Gasteiger partial charge in [0.05, 0.1) is 18.5 Å². The SMILES string of the molecule is CCOC(=O)NC1CCN(C)CC1.N=CC(=NN)c1cc(F)c(OCc2nnc(SC3C=CCCC3)n2-c2cccnc2)cc1F. The van der Waals surface area contributed by atoms with Gasteiger partial charge in [0.1, 0.15) is 18.1 Å². The average Bonchev–Trinajstić information content (AvgIpc) is 3.46. The molecule has 2 aliphatic rings. The Labute approximate surface area is 271 Å². The zero-order chi connectivity index (χ0) is 32.9. The molecule has 1 unspecified atom stereocenters. The van der Waals surface area contributed by atoms with Crippen molar-refractivity contribution in [2.24, 2.45) is 10.9 Å². The third-order valence-electron chi connectivity index (χ3n) is 7.32. The van der Waals surface area contributed by atoms with Gasteiger partial charge in [-0.3, -0.25) is 9.55 Å². The highest BCUT2D eigenvalue weighted by molar-refractivity contribution is 7.99. The van der Waals surface area contributed by atoms with Crippen molar-refractivity contribution < 1.29 is 23.0 Å². The van der Waals surface area contributed by atoms with Crippen LogP contribution in [0.2, 0.25) is 0 Å². The fourth-order valence-corrected chi connectivity index (χ4v) is 6.03. The summed E-state index contributed by atoms with van der Waals surface area (Å²) in [7, 11) is 2.10. The number of carbonyl (C=O) groups is 1. The number of allylic oxidation sites excluding steroid dienone is 1. The summed E-state index contributed by atoms with van der Waals surface area (Å²) in [6.07, 6.45) is 13.4. The molecule has 0 radical (unpaired) electrons. The zero-order valence-electron chi connectivity index (χ0n) is 25.9. The number of thioether (sulfide) groups is 1. The summed E-state index contributed by atoms with van der Waals surface area (Å²) in [5.74, 6) is 3.62. The van der Waals surface area contributed by atoms with E-state index in [2.05, 4.69) is 49.7 Å². The number of hydrogen-bond donors (Lipinski definition) is 3. The predicted octanol–water partition coefficient (Wildman–Crippen LogP) is 4.86. The Morgan fingerprint density at radius 1 is 1.24 bits per heavy atom. The fourth-order valence-electron chi connectivity index (χ4n) is 4.88. The number of nitrogens with zero attached hydrogens (tertiary/aromatic N) is 6. The molecular formula is C31H39F2N9O3S. The number of piperidine rings is 1. The van der Waals surface area contributed by atoms with Crippen LogP contribution >= 0.6 is 11.8 Å². The van der Waals surface area contributed by atoms with Crippen LogP contribution < -0.4 is 15.9 Å². The molecular weight excluding hydrogens is 616 g/mol. The van der Waals surface area contributed by atoms with E-state index < -0.39 is 11.6 Å². The summed E-state index contributed by atoms with van der Waals surface area (Å²) < 4.78 is 41.2. The predicted molar refractivity (Wildman–Crippen MR) is 173 cm³/mol. The van der Waals surface area contributed by atoms with Crippen LogP contribution in [0.4, 0.5) is 13.6 Å². The van der Waals surface area contributed by atoms with E-state index in [0.717, 1.165) is 69.2 Å². The molecule has 46 heavy (non-hydrogen) atoms. The Kier molecular flexibility index (Phi) is 13.0. The lowest BCUT2D eigenvalue weighted by Gasteiger charge is -2.29. The number of carbonyl (C=O) groups excluding carboxylic acids is 1. The van der Waals surface area contributed by atoms with Gasteiger partial charge in [-0.05, 0) is 77.4 Å². The first kappa shape index (κ1) is 34.5. The van der Waals surface area contributed by atoms with Crippen molar-refractivity contribution in [2.45, 2.75) is 62.1 Å². The van der Waals surface area contributed by atoms with Crippen LogP contribution in [0.1, 0.15) is 50.4 Å². The highest BCUT2D eigenvalue weighted by Gasteiger charge is 2.21. The normalized spacial score (nSPS) is 17.1. The lowest BCUT2D eigenvalue weighted by molar-refractivity contribution is 0.140. The molecule has 4 N–H and O–H groups in total. The molecule has 3 heterocycles. The smallest absolute Gasteiger partial charge is 0.407 e. The number of hydrogen-bond acceptors (Lipinski definition) is 11. The number of nitrogens with two attached hydrogens (primary N) is 1. The molecule has 1 fully saturated rings. The topological polar surface area (TPSA) is 157 Å². The molecule has 246 valence electrons. The van der Waals surface area contributed by atoms with E-state index in [1.807, 2.05) is 13.0 Å². The summed E-state index contributed by atoms with van der Waals surface area (Å²) in [4.78, 5) is 17.5. The number of ether oxygens (including phenoxy) is 2. The number of halogens is 2. The van der Waals surface area contributed by atoms with Crippen molar-refractivity contribution in [3.63, 3.8) is 0 Å². The third-order valence-corrected chi connectivity index (χ3v) is 8.49. The van der Waals surface area contributed by atoms with E-state index in [-0.39, 0.29) is 35.0 Å². The van der Waals surface area contributed by atoms with Crippen molar-refractivity contribution in [3.05, 3.63) is 71.8 Å². The van der Waals surface area contributed by atoms with Crippen LogP contribution in [-0.4, -0.2) is 80.7 Å². The minimum atomic E-state index is -0.816. The molecule has 0 bridgehead atoms. The van der Waals surface area contributed by atoms with Gasteiger partial charge in [0.2, 0.25) is 0 Å². The molecule has 3 aromatic rings. The van der Waals surface area contributed by atoms with Crippen molar-refractivity contribution >= 4 is 29.8 Å². The monoisotopic (exact) mass is 655 g/mol. The Balaban J connectivity index is 0.000000310. The molecule has 1 atom stereocenters. The maximum Gasteiger partial charge on any atom is 0.407 e. The summed E-state index contributed by atoms with van der Waals surface area (Å²) in [5.41, 5.74) is 0.322. The number of amides is 1. The van der Waals surface area contributed by atoms with Gasteiger partial charge in [-0.15, -0.1) is 10.2 Å². The fraction of sp³-hybridized carbons (Fsp3) is 0.419. The summed E-state index contributed by atoms with van der Waals surface area (Å²) in [5, 5.41) is 22.8. The minimum Gasteiger partial charge on any atom is -0.482 e. The Morgan fingerprint density at radius 2 is 2.04 bits per heavy atom. The van der Waals surface area contributed by atoms with Gasteiger partial charge >= 0.3 is 6.09 Å². The number of alkyl carbamates (subject to hydrolysis) is 1. The van der Waals surface area contributed by atoms with E-state index in [0.29, 0.717) is 23.6 Å². The van der Waals surface area contributed by atoms with Crippen molar-refractivity contribution in [1.82, 2.24) is 30.0 Å². The van der Waals surface area contributed by atoms with Gasteiger partial charge in [-0.2, -0.15) is 5.10 Å². The number of aromatic nitrogens is 4. The standard InChI is InChI=1S/C22H21F2N7OS.C9H18N2O2/c23-17-10-20(18(24)9-16(17)19(11-25)28-26)32-13-21-29-30-22(33-15-6-2-1-3-7-15)31(21)14-5-4-8-27-12-14;1-3-13-9(12)10-8-4-6-11(2)7-5-8/h2,4-6,8-12,15,25H,1,3,7,13,26H2;8H,3-7H2,1-2H3,(H,10,12).